The summed E-state index contributed by atoms with van der Waals surface area (Å²) in [5.74, 6) is -0.0156. The predicted octanol–water partition coefficient (Wildman–Crippen LogP) is 2.79. The van der Waals surface area contributed by atoms with E-state index >= 15 is 0 Å². The Morgan fingerprint density at radius 1 is 1.33 bits per heavy atom. The van der Waals surface area contributed by atoms with Gasteiger partial charge in [0.2, 0.25) is 5.91 Å². The molecule has 0 saturated heterocycles. The van der Waals surface area contributed by atoms with Crippen LogP contribution in [0.4, 0.5) is 13.2 Å². The molecule has 2 rings (SSSR count). The summed E-state index contributed by atoms with van der Waals surface area (Å²) in [6.07, 6.45) is -4.07. The number of guanidine groups is 1. The molecular formula is C16H19F3IN5OS. The Bertz CT molecular complexity index is 794. The number of nitrogens with zero attached hydrogens (tertiary/aromatic N) is 2. The fourth-order valence-corrected chi connectivity index (χ4v) is 2.89. The molecule has 0 saturated carbocycles. The van der Waals surface area contributed by atoms with Crippen molar-refractivity contribution in [2.45, 2.75) is 19.1 Å². The van der Waals surface area contributed by atoms with Gasteiger partial charge >= 0.3 is 6.18 Å². The average Bonchev–Trinajstić information content (AvgIpc) is 3.07. The Morgan fingerprint density at radius 2 is 2.07 bits per heavy atom. The van der Waals surface area contributed by atoms with Crippen molar-refractivity contribution in [3.8, 4) is 0 Å². The second kappa shape index (κ2) is 10.4. The van der Waals surface area contributed by atoms with Crippen molar-refractivity contribution in [1.82, 2.24) is 15.6 Å². The van der Waals surface area contributed by atoms with Gasteiger partial charge in [-0.05, 0) is 17.7 Å². The summed E-state index contributed by atoms with van der Waals surface area (Å²) in [6, 6.07) is 6.87. The number of nitrogens with one attached hydrogen (secondary N) is 2. The molecule has 0 aliphatic carbocycles. The Hall–Kier alpha value is -1.89. The molecule has 11 heteroatoms. The number of aliphatic imine (C=N–C) groups is 1. The third-order valence-corrected chi connectivity index (χ3v) is 4.28. The second-order valence-electron chi connectivity index (χ2n) is 5.29. The fraction of sp³-hybridized carbons (Fsp3) is 0.312. The van der Waals surface area contributed by atoms with E-state index in [9.17, 15) is 18.0 Å². The van der Waals surface area contributed by atoms with Crippen LogP contribution in [0.3, 0.4) is 0 Å². The number of benzene rings is 1. The summed E-state index contributed by atoms with van der Waals surface area (Å²) in [7, 11) is 1.58. The summed E-state index contributed by atoms with van der Waals surface area (Å²) in [5.41, 5.74) is 5.64. The minimum atomic E-state index is -4.42. The lowest BCUT2D eigenvalue weighted by molar-refractivity contribution is -0.140. The van der Waals surface area contributed by atoms with Crippen molar-refractivity contribution >= 4 is 47.2 Å². The number of primary amides is 1. The highest BCUT2D eigenvalue weighted by Gasteiger charge is 2.33. The molecule has 1 heterocycles. The first-order chi connectivity index (χ1) is 12.3. The first-order valence-corrected chi connectivity index (χ1v) is 8.52. The zero-order valence-electron chi connectivity index (χ0n) is 14.3. The van der Waals surface area contributed by atoms with E-state index in [-0.39, 0.29) is 24.0 Å². The van der Waals surface area contributed by atoms with Gasteiger partial charge in [-0.3, -0.25) is 9.79 Å². The monoisotopic (exact) mass is 513 g/mol. The van der Waals surface area contributed by atoms with E-state index in [0.717, 1.165) is 22.3 Å². The van der Waals surface area contributed by atoms with Crippen LogP contribution in [0.25, 0.3) is 0 Å². The van der Waals surface area contributed by atoms with Gasteiger partial charge in [-0.25, -0.2) is 4.98 Å². The topological polar surface area (TPSA) is 92.4 Å². The van der Waals surface area contributed by atoms with Gasteiger partial charge in [-0.15, -0.1) is 35.3 Å². The number of carbonyl (C=O) groups is 1. The minimum absolute atomic E-state index is 0. The SMILES string of the molecule is CN=C(NCCc1nc(C(F)(F)F)cs1)NCc1cccc(C(N)=O)c1.I. The first-order valence-electron chi connectivity index (χ1n) is 7.64. The van der Waals surface area contributed by atoms with Crippen molar-refractivity contribution in [3.05, 3.63) is 51.5 Å². The Morgan fingerprint density at radius 3 is 2.67 bits per heavy atom. The molecule has 0 aliphatic heterocycles. The maximum atomic E-state index is 12.5. The number of halogens is 4. The summed E-state index contributed by atoms with van der Waals surface area (Å²) >= 11 is 0.975. The maximum absolute atomic E-state index is 12.5. The largest absolute Gasteiger partial charge is 0.434 e. The summed E-state index contributed by atoms with van der Waals surface area (Å²) in [4.78, 5) is 18.8. The van der Waals surface area contributed by atoms with Crippen molar-refractivity contribution in [2.75, 3.05) is 13.6 Å². The molecule has 0 spiro atoms. The number of nitrogens with two attached hydrogens (primary N) is 1. The summed E-state index contributed by atoms with van der Waals surface area (Å²) in [5, 5.41) is 7.47. The van der Waals surface area contributed by atoms with Gasteiger partial charge in [0, 0.05) is 37.5 Å². The van der Waals surface area contributed by atoms with Gasteiger partial charge in [0.25, 0.3) is 0 Å². The van der Waals surface area contributed by atoms with E-state index in [1.165, 1.54) is 0 Å². The van der Waals surface area contributed by atoms with Crippen molar-refractivity contribution < 1.29 is 18.0 Å². The van der Waals surface area contributed by atoms with E-state index in [4.69, 9.17) is 5.73 Å². The van der Waals surface area contributed by atoms with E-state index in [0.29, 0.717) is 36.0 Å². The maximum Gasteiger partial charge on any atom is 0.434 e. The van der Waals surface area contributed by atoms with Gasteiger partial charge < -0.3 is 16.4 Å². The lowest BCUT2D eigenvalue weighted by Gasteiger charge is -2.11. The van der Waals surface area contributed by atoms with Crippen molar-refractivity contribution in [3.63, 3.8) is 0 Å². The Kier molecular flexibility index (Phi) is 8.96. The fourth-order valence-electron chi connectivity index (χ4n) is 2.08. The van der Waals surface area contributed by atoms with Gasteiger partial charge in [-0.2, -0.15) is 13.2 Å². The quantitative estimate of drug-likeness (QED) is 0.315. The normalized spacial score (nSPS) is 11.6. The molecule has 1 aromatic heterocycles. The van der Waals surface area contributed by atoms with Crippen molar-refractivity contribution in [2.24, 2.45) is 10.7 Å². The molecule has 1 amide bonds. The van der Waals surface area contributed by atoms with Crippen LogP contribution in [0, 0.1) is 0 Å². The molecule has 2 aromatic rings. The van der Waals surface area contributed by atoms with Gasteiger partial charge in [-0.1, -0.05) is 12.1 Å². The smallest absolute Gasteiger partial charge is 0.366 e. The van der Waals surface area contributed by atoms with E-state index in [1.54, 1.807) is 25.2 Å². The average molecular weight is 513 g/mol. The summed E-state index contributed by atoms with van der Waals surface area (Å²) in [6.45, 7) is 0.794. The molecule has 0 unspecified atom stereocenters. The van der Waals surface area contributed by atoms with Crippen LogP contribution in [-0.2, 0) is 19.1 Å². The van der Waals surface area contributed by atoms with E-state index in [1.807, 2.05) is 6.07 Å². The van der Waals surface area contributed by atoms with Crippen LogP contribution < -0.4 is 16.4 Å². The molecule has 0 atom stereocenters. The molecule has 0 radical (unpaired) electrons. The summed E-state index contributed by atoms with van der Waals surface area (Å²) < 4.78 is 37.5. The van der Waals surface area contributed by atoms with E-state index < -0.39 is 17.8 Å². The standard InChI is InChI=1S/C16H18F3N5OS.HI/c1-21-15(23-8-10-3-2-4-11(7-10)14(20)25)22-6-5-13-24-12(9-26-13)16(17,18)19;/h2-4,7,9H,5-6,8H2,1H3,(H2,20,25)(H2,21,22,23);1H. The second-order valence-corrected chi connectivity index (χ2v) is 6.23. The highest BCUT2D eigenvalue weighted by Crippen LogP contribution is 2.29. The molecule has 6 nitrogen and oxygen atoms in total. The van der Waals surface area contributed by atoms with Crippen LogP contribution in [0.2, 0.25) is 0 Å². The van der Waals surface area contributed by atoms with E-state index in [2.05, 4.69) is 20.6 Å². The highest BCUT2D eigenvalue weighted by atomic mass is 127. The highest BCUT2D eigenvalue weighted by molar-refractivity contribution is 14.0. The number of aromatic nitrogens is 1. The van der Waals surface area contributed by atoms with Gasteiger partial charge in [0.05, 0.1) is 5.01 Å². The zero-order valence-corrected chi connectivity index (χ0v) is 17.5. The molecule has 148 valence electrons. The van der Waals surface area contributed by atoms with Crippen LogP contribution in [0.15, 0.2) is 34.6 Å². The molecule has 0 fully saturated rings. The molecule has 0 bridgehead atoms. The zero-order chi connectivity index (χ0) is 19.2. The number of rotatable bonds is 6. The third kappa shape index (κ3) is 7.33. The minimum Gasteiger partial charge on any atom is -0.366 e. The molecule has 0 aliphatic rings. The number of carbonyl (C=O) groups excluding carboxylic acids is 1. The Balaban J connectivity index is 0.00000364. The van der Waals surface area contributed by atoms with Crippen molar-refractivity contribution in [1.29, 1.82) is 0 Å². The predicted molar refractivity (Wildman–Crippen MR) is 109 cm³/mol. The van der Waals surface area contributed by atoms with Gasteiger partial charge in [0.1, 0.15) is 0 Å². The molecule has 1 aromatic carbocycles. The third-order valence-electron chi connectivity index (χ3n) is 3.37. The van der Waals surface area contributed by atoms with Crippen LogP contribution in [-0.4, -0.2) is 30.4 Å². The Labute approximate surface area is 175 Å². The number of thiazole rings is 1. The molecule has 27 heavy (non-hydrogen) atoms. The lowest BCUT2D eigenvalue weighted by Crippen LogP contribution is -2.37. The van der Waals surface area contributed by atoms with Gasteiger partial charge in [0.15, 0.2) is 11.7 Å². The number of hydrogen-bond acceptors (Lipinski definition) is 4. The van der Waals surface area contributed by atoms with Crippen LogP contribution in [0.1, 0.15) is 26.6 Å². The number of alkyl halides is 3. The lowest BCUT2D eigenvalue weighted by atomic mass is 10.1. The molecule has 4 N–H and O–H groups in total. The van der Waals surface area contributed by atoms with Crippen LogP contribution in [0.5, 0.6) is 0 Å². The molecular weight excluding hydrogens is 494 g/mol. The van der Waals surface area contributed by atoms with Crippen LogP contribution >= 0.6 is 35.3 Å². The number of hydrogen-bond donors (Lipinski definition) is 3. The number of amides is 1. The first kappa shape index (κ1) is 23.1.